The first-order chi connectivity index (χ1) is 10.5. The van der Waals surface area contributed by atoms with Gasteiger partial charge >= 0.3 is 0 Å². The Morgan fingerprint density at radius 2 is 2.32 bits per heavy atom. The molecule has 1 heterocycles. The predicted octanol–water partition coefficient (Wildman–Crippen LogP) is 3.68. The van der Waals surface area contributed by atoms with Crippen LogP contribution in [0.15, 0.2) is 30.0 Å². The summed E-state index contributed by atoms with van der Waals surface area (Å²) < 4.78 is 1.12. The molecule has 22 heavy (non-hydrogen) atoms. The number of likely N-dealkylation sites (tertiary alicyclic amines) is 1. The van der Waals surface area contributed by atoms with Crippen LogP contribution in [-0.4, -0.2) is 23.9 Å². The van der Waals surface area contributed by atoms with Crippen molar-refractivity contribution in [3.05, 3.63) is 39.1 Å². The van der Waals surface area contributed by atoms with E-state index in [2.05, 4.69) is 39.7 Å². The molecule has 0 spiro atoms. The van der Waals surface area contributed by atoms with Gasteiger partial charge in [0.05, 0.1) is 0 Å². The van der Waals surface area contributed by atoms with Crippen molar-refractivity contribution in [3.8, 4) is 6.07 Å². The van der Waals surface area contributed by atoms with Gasteiger partial charge in [-0.3, -0.25) is 4.79 Å². The Kier molecular flexibility index (Phi) is 5.83. The summed E-state index contributed by atoms with van der Waals surface area (Å²) in [5.41, 5.74) is 1.90. The van der Waals surface area contributed by atoms with Gasteiger partial charge in [-0.25, -0.2) is 0 Å². The maximum atomic E-state index is 12.3. The van der Waals surface area contributed by atoms with Gasteiger partial charge in [-0.05, 0) is 72.0 Å². The van der Waals surface area contributed by atoms with E-state index in [0.29, 0.717) is 5.92 Å². The molecule has 0 radical (unpaired) electrons. The summed E-state index contributed by atoms with van der Waals surface area (Å²) in [6.45, 7) is 5.95. The molecule has 116 valence electrons. The largest absolute Gasteiger partial charge is 0.376 e. The van der Waals surface area contributed by atoms with Gasteiger partial charge in [0.15, 0.2) is 0 Å². The number of carbonyl (C=O) groups is 1. The lowest BCUT2D eigenvalue weighted by molar-refractivity contribution is -0.112. The molecule has 1 N–H and O–H groups in total. The van der Waals surface area contributed by atoms with Crippen LogP contribution in [0.2, 0.25) is 0 Å². The summed E-state index contributed by atoms with van der Waals surface area (Å²) in [7, 11) is 0. The van der Waals surface area contributed by atoms with Crippen molar-refractivity contribution in [2.24, 2.45) is 5.92 Å². The summed E-state index contributed by atoms with van der Waals surface area (Å²) in [6.07, 6.45) is 4.02. The fourth-order valence-corrected chi connectivity index (χ4v) is 3.27. The van der Waals surface area contributed by atoms with Gasteiger partial charge in [0, 0.05) is 28.5 Å². The number of piperidine rings is 1. The van der Waals surface area contributed by atoms with E-state index in [1.807, 2.05) is 31.2 Å². The van der Waals surface area contributed by atoms with Gasteiger partial charge in [-0.2, -0.15) is 5.26 Å². The predicted molar refractivity (Wildman–Crippen MR) is 96.2 cm³/mol. The third-order valence-electron chi connectivity index (χ3n) is 3.80. The van der Waals surface area contributed by atoms with Crippen molar-refractivity contribution < 1.29 is 4.79 Å². The molecule has 1 unspecified atom stereocenters. The lowest BCUT2D eigenvalue weighted by Crippen LogP contribution is -2.31. The molecule has 0 saturated carbocycles. The molecule has 1 aliphatic heterocycles. The van der Waals surface area contributed by atoms with Crippen LogP contribution in [0.4, 0.5) is 5.69 Å². The van der Waals surface area contributed by atoms with Crippen molar-refractivity contribution in [3.63, 3.8) is 0 Å². The van der Waals surface area contributed by atoms with Crippen molar-refractivity contribution in [2.45, 2.75) is 26.7 Å². The zero-order valence-electron chi connectivity index (χ0n) is 12.9. The molecule has 1 aliphatic rings. The maximum Gasteiger partial charge on any atom is 0.267 e. The van der Waals surface area contributed by atoms with E-state index in [1.165, 1.54) is 6.42 Å². The zero-order valence-corrected chi connectivity index (χ0v) is 15.1. The molecular formula is C17H20IN3O. The molecule has 0 aliphatic carbocycles. The highest BCUT2D eigenvalue weighted by Gasteiger charge is 2.17. The van der Waals surface area contributed by atoms with Gasteiger partial charge in [0.1, 0.15) is 11.6 Å². The van der Waals surface area contributed by atoms with Gasteiger partial charge < -0.3 is 10.2 Å². The van der Waals surface area contributed by atoms with Crippen LogP contribution >= 0.6 is 22.6 Å². The fraction of sp³-hybridized carbons (Fsp3) is 0.412. The average molecular weight is 409 g/mol. The first kappa shape index (κ1) is 16.8. The molecule has 4 nitrogen and oxygen atoms in total. The van der Waals surface area contributed by atoms with Gasteiger partial charge in [0.25, 0.3) is 5.91 Å². The number of carbonyl (C=O) groups excluding carboxylic acids is 1. The number of amides is 1. The van der Waals surface area contributed by atoms with Crippen LogP contribution in [0.25, 0.3) is 0 Å². The smallest absolute Gasteiger partial charge is 0.267 e. The lowest BCUT2D eigenvalue weighted by Gasteiger charge is -2.29. The van der Waals surface area contributed by atoms with Crippen molar-refractivity contribution in [2.75, 3.05) is 18.4 Å². The monoisotopic (exact) mass is 409 g/mol. The van der Waals surface area contributed by atoms with E-state index in [9.17, 15) is 10.1 Å². The van der Waals surface area contributed by atoms with E-state index in [-0.39, 0.29) is 11.5 Å². The van der Waals surface area contributed by atoms with Crippen LogP contribution in [0, 0.1) is 27.7 Å². The summed E-state index contributed by atoms with van der Waals surface area (Å²) in [5.74, 6) is 0.261. The Bertz CT molecular complexity index is 633. The number of nitrogens with zero attached hydrogens (tertiary/aromatic N) is 2. The SMILES string of the molecule is Cc1cc(I)ccc1NC(=O)/C(C#N)=C\N1CCCC(C)C1. The van der Waals surface area contributed by atoms with E-state index in [0.717, 1.165) is 34.3 Å². The first-order valence-electron chi connectivity index (χ1n) is 7.43. The third-order valence-corrected chi connectivity index (χ3v) is 4.47. The molecule has 5 heteroatoms. The highest BCUT2D eigenvalue weighted by atomic mass is 127. The molecule has 0 aromatic heterocycles. The van der Waals surface area contributed by atoms with Crippen LogP contribution in [0.1, 0.15) is 25.3 Å². The number of benzene rings is 1. The van der Waals surface area contributed by atoms with Crippen molar-refractivity contribution in [1.29, 1.82) is 5.26 Å². The van der Waals surface area contributed by atoms with Gasteiger partial charge in [-0.15, -0.1) is 0 Å². The third kappa shape index (κ3) is 4.47. The van der Waals surface area contributed by atoms with Crippen LogP contribution in [0.5, 0.6) is 0 Å². The summed E-state index contributed by atoms with van der Waals surface area (Å²) >= 11 is 2.23. The van der Waals surface area contributed by atoms with E-state index < -0.39 is 0 Å². The maximum absolute atomic E-state index is 12.3. The standard InChI is InChI=1S/C17H20IN3O/c1-12-4-3-7-21(10-12)11-14(9-19)17(22)20-16-6-5-15(18)8-13(16)2/h5-6,8,11-12H,3-4,7,10H2,1-2H3,(H,20,22)/b14-11-. The first-order valence-corrected chi connectivity index (χ1v) is 8.51. The van der Waals surface area contributed by atoms with Crippen LogP contribution < -0.4 is 5.32 Å². The number of hydrogen-bond donors (Lipinski definition) is 1. The summed E-state index contributed by atoms with van der Waals surface area (Å²) in [6, 6.07) is 7.82. The molecule has 0 bridgehead atoms. The second kappa shape index (κ2) is 7.63. The van der Waals surface area contributed by atoms with E-state index in [4.69, 9.17) is 0 Å². The second-order valence-corrected chi connectivity index (χ2v) is 7.06. The Morgan fingerprint density at radius 3 is 2.95 bits per heavy atom. The molecular weight excluding hydrogens is 389 g/mol. The minimum atomic E-state index is -0.343. The minimum absolute atomic E-state index is 0.159. The normalized spacial score (nSPS) is 18.7. The van der Waals surface area contributed by atoms with Crippen LogP contribution in [0.3, 0.4) is 0 Å². The highest BCUT2D eigenvalue weighted by molar-refractivity contribution is 14.1. The number of nitriles is 1. The number of halogens is 1. The Morgan fingerprint density at radius 1 is 1.55 bits per heavy atom. The molecule has 1 saturated heterocycles. The minimum Gasteiger partial charge on any atom is -0.376 e. The average Bonchev–Trinajstić information content (AvgIpc) is 2.47. The van der Waals surface area contributed by atoms with E-state index >= 15 is 0 Å². The Hall–Kier alpha value is -1.55. The van der Waals surface area contributed by atoms with Crippen molar-refractivity contribution in [1.82, 2.24) is 4.90 Å². The summed E-state index contributed by atoms with van der Waals surface area (Å²) in [5, 5.41) is 12.1. The van der Waals surface area contributed by atoms with E-state index in [1.54, 1.807) is 6.20 Å². The number of rotatable bonds is 3. The second-order valence-electron chi connectivity index (χ2n) is 5.81. The lowest BCUT2D eigenvalue weighted by atomic mass is 10.0. The molecule has 1 aromatic rings. The zero-order chi connectivity index (χ0) is 16.1. The Labute approximate surface area is 145 Å². The Balaban J connectivity index is 2.10. The van der Waals surface area contributed by atoms with Gasteiger partial charge in [0.2, 0.25) is 0 Å². The fourth-order valence-electron chi connectivity index (χ4n) is 2.62. The van der Waals surface area contributed by atoms with Gasteiger partial charge in [-0.1, -0.05) is 6.92 Å². The molecule has 1 fully saturated rings. The van der Waals surface area contributed by atoms with Crippen molar-refractivity contribution >= 4 is 34.2 Å². The number of anilines is 1. The molecule has 1 atom stereocenters. The molecule has 1 amide bonds. The van der Waals surface area contributed by atoms with Crippen LogP contribution in [-0.2, 0) is 4.79 Å². The molecule has 2 rings (SSSR count). The number of hydrogen-bond acceptors (Lipinski definition) is 3. The number of nitrogens with one attached hydrogen (secondary N) is 1. The topological polar surface area (TPSA) is 56.1 Å². The number of aryl methyl sites for hydroxylation is 1. The molecule has 1 aromatic carbocycles. The highest BCUT2D eigenvalue weighted by Crippen LogP contribution is 2.19. The quantitative estimate of drug-likeness (QED) is 0.471. The summed E-state index contributed by atoms with van der Waals surface area (Å²) in [4.78, 5) is 14.4.